The monoisotopic (exact) mass is 223 g/mol. The van der Waals surface area contributed by atoms with Crippen LogP contribution in [0.15, 0.2) is 0 Å². The fraction of sp³-hybridized carbons (Fsp3) is 0.923. The first-order valence-electron chi connectivity index (χ1n) is 6.29. The highest BCUT2D eigenvalue weighted by atomic mass is 15.2. The highest BCUT2D eigenvalue weighted by Gasteiger charge is 2.30. The molecule has 0 aliphatic carbocycles. The van der Waals surface area contributed by atoms with E-state index in [-0.39, 0.29) is 5.54 Å². The van der Waals surface area contributed by atoms with Crippen LogP contribution in [-0.2, 0) is 0 Å². The minimum Gasteiger partial charge on any atom is -0.303 e. The van der Waals surface area contributed by atoms with Crippen molar-refractivity contribution in [3.63, 3.8) is 0 Å². The SMILES string of the molecule is CCNC(C)(C#N)CCN1CCC(C)(C)C1. The zero-order valence-corrected chi connectivity index (χ0v) is 11.1. The average molecular weight is 223 g/mol. The van der Waals surface area contributed by atoms with Crippen molar-refractivity contribution >= 4 is 0 Å². The highest BCUT2D eigenvalue weighted by Crippen LogP contribution is 2.29. The van der Waals surface area contributed by atoms with Gasteiger partial charge in [0.25, 0.3) is 0 Å². The molecule has 1 heterocycles. The largest absolute Gasteiger partial charge is 0.303 e. The maximum absolute atomic E-state index is 9.16. The summed E-state index contributed by atoms with van der Waals surface area (Å²) in [6.07, 6.45) is 2.19. The number of hydrogen-bond donors (Lipinski definition) is 1. The maximum atomic E-state index is 9.16. The first-order valence-corrected chi connectivity index (χ1v) is 6.29. The number of likely N-dealkylation sites (tertiary alicyclic amines) is 1. The molecule has 1 aliphatic rings. The number of nitriles is 1. The molecule has 1 saturated heterocycles. The third-order valence-electron chi connectivity index (χ3n) is 3.50. The molecule has 3 nitrogen and oxygen atoms in total. The van der Waals surface area contributed by atoms with Crippen LogP contribution in [0.3, 0.4) is 0 Å². The second kappa shape index (κ2) is 5.16. The molecular weight excluding hydrogens is 198 g/mol. The first kappa shape index (κ1) is 13.5. The summed E-state index contributed by atoms with van der Waals surface area (Å²) in [6, 6.07) is 2.39. The van der Waals surface area contributed by atoms with Gasteiger partial charge in [-0.05, 0) is 38.3 Å². The van der Waals surface area contributed by atoms with E-state index in [9.17, 15) is 0 Å². The van der Waals surface area contributed by atoms with Crippen LogP contribution in [0.2, 0.25) is 0 Å². The molecule has 1 atom stereocenters. The van der Waals surface area contributed by atoms with Crippen LogP contribution in [0.5, 0.6) is 0 Å². The Labute approximate surface area is 99.8 Å². The molecule has 1 unspecified atom stereocenters. The molecule has 0 aromatic heterocycles. The Hall–Kier alpha value is -0.590. The second-order valence-electron chi connectivity index (χ2n) is 5.91. The Bertz CT molecular complexity index is 267. The molecule has 0 aromatic rings. The lowest BCUT2D eigenvalue weighted by Crippen LogP contribution is -2.43. The number of nitrogens with one attached hydrogen (secondary N) is 1. The Morgan fingerprint density at radius 2 is 2.19 bits per heavy atom. The van der Waals surface area contributed by atoms with Gasteiger partial charge < -0.3 is 4.90 Å². The molecule has 0 saturated carbocycles. The zero-order valence-electron chi connectivity index (χ0n) is 11.1. The van der Waals surface area contributed by atoms with Crippen LogP contribution >= 0.6 is 0 Å². The molecule has 0 aromatic carbocycles. The van der Waals surface area contributed by atoms with Gasteiger partial charge in [-0.3, -0.25) is 5.32 Å². The number of hydrogen-bond acceptors (Lipinski definition) is 3. The van der Waals surface area contributed by atoms with Crippen LogP contribution in [0.25, 0.3) is 0 Å². The van der Waals surface area contributed by atoms with Gasteiger partial charge in [0.05, 0.1) is 6.07 Å². The quantitative estimate of drug-likeness (QED) is 0.775. The van der Waals surface area contributed by atoms with E-state index < -0.39 is 0 Å². The highest BCUT2D eigenvalue weighted by molar-refractivity contribution is 5.04. The Morgan fingerprint density at radius 3 is 2.62 bits per heavy atom. The van der Waals surface area contributed by atoms with Gasteiger partial charge >= 0.3 is 0 Å². The van der Waals surface area contributed by atoms with Gasteiger partial charge in [-0.25, -0.2) is 0 Å². The molecule has 92 valence electrons. The van der Waals surface area contributed by atoms with Crippen LogP contribution in [0.1, 0.15) is 40.5 Å². The van der Waals surface area contributed by atoms with Gasteiger partial charge in [-0.2, -0.15) is 5.26 Å². The third-order valence-corrected chi connectivity index (χ3v) is 3.50. The zero-order chi connectivity index (χ0) is 12.2. The topological polar surface area (TPSA) is 39.1 Å². The molecule has 0 bridgehead atoms. The van der Waals surface area contributed by atoms with Gasteiger partial charge in [0.15, 0.2) is 0 Å². The molecular formula is C13H25N3. The van der Waals surface area contributed by atoms with Crippen LogP contribution in [0, 0.1) is 16.7 Å². The van der Waals surface area contributed by atoms with Crippen molar-refractivity contribution in [2.45, 2.75) is 46.1 Å². The average Bonchev–Trinajstić information content (AvgIpc) is 2.56. The molecule has 1 fully saturated rings. The summed E-state index contributed by atoms with van der Waals surface area (Å²) >= 11 is 0. The molecule has 1 N–H and O–H groups in total. The third kappa shape index (κ3) is 3.77. The van der Waals surface area contributed by atoms with Crippen molar-refractivity contribution < 1.29 is 0 Å². The van der Waals surface area contributed by atoms with E-state index in [2.05, 4.69) is 37.1 Å². The summed E-state index contributed by atoms with van der Waals surface area (Å²) < 4.78 is 0. The van der Waals surface area contributed by atoms with Crippen LogP contribution in [-0.4, -0.2) is 36.6 Å². The second-order valence-corrected chi connectivity index (χ2v) is 5.91. The van der Waals surface area contributed by atoms with E-state index in [0.29, 0.717) is 5.41 Å². The van der Waals surface area contributed by atoms with Crippen molar-refractivity contribution in [1.29, 1.82) is 5.26 Å². The van der Waals surface area contributed by atoms with E-state index in [4.69, 9.17) is 5.26 Å². The van der Waals surface area contributed by atoms with E-state index >= 15 is 0 Å². The van der Waals surface area contributed by atoms with Gasteiger partial charge in [-0.1, -0.05) is 20.8 Å². The fourth-order valence-electron chi connectivity index (χ4n) is 2.37. The first-order chi connectivity index (χ1) is 7.41. The van der Waals surface area contributed by atoms with E-state index in [0.717, 1.165) is 19.5 Å². The lowest BCUT2D eigenvalue weighted by atomic mass is 9.93. The maximum Gasteiger partial charge on any atom is 0.105 e. The summed E-state index contributed by atoms with van der Waals surface area (Å²) in [5.74, 6) is 0. The predicted octanol–water partition coefficient (Wildman–Crippen LogP) is 2.00. The minimum atomic E-state index is -0.360. The van der Waals surface area contributed by atoms with Gasteiger partial charge in [0, 0.05) is 13.1 Å². The summed E-state index contributed by atoms with van der Waals surface area (Å²) in [6.45, 7) is 12.9. The molecule has 0 spiro atoms. The number of rotatable bonds is 5. The summed E-state index contributed by atoms with van der Waals surface area (Å²) in [5, 5.41) is 12.4. The van der Waals surface area contributed by atoms with Crippen LogP contribution < -0.4 is 5.32 Å². The van der Waals surface area contributed by atoms with Gasteiger partial charge in [-0.15, -0.1) is 0 Å². The van der Waals surface area contributed by atoms with E-state index in [1.807, 2.05) is 6.92 Å². The van der Waals surface area contributed by atoms with Crippen molar-refractivity contribution in [2.24, 2.45) is 5.41 Å². The Kier molecular flexibility index (Phi) is 4.35. The minimum absolute atomic E-state index is 0.360. The smallest absolute Gasteiger partial charge is 0.105 e. The fourth-order valence-corrected chi connectivity index (χ4v) is 2.37. The Morgan fingerprint density at radius 1 is 1.50 bits per heavy atom. The molecule has 0 radical (unpaired) electrons. The van der Waals surface area contributed by atoms with Crippen molar-refractivity contribution in [3.05, 3.63) is 0 Å². The summed E-state index contributed by atoms with van der Waals surface area (Å²) in [7, 11) is 0. The molecule has 0 amide bonds. The standard InChI is InChI=1S/C13H25N3/c1-5-15-13(4,10-14)7-9-16-8-6-12(2,3)11-16/h15H,5-9,11H2,1-4H3. The molecule has 3 heteroatoms. The lowest BCUT2D eigenvalue weighted by Gasteiger charge is -2.26. The van der Waals surface area contributed by atoms with Crippen molar-refractivity contribution in [3.8, 4) is 6.07 Å². The van der Waals surface area contributed by atoms with Crippen molar-refractivity contribution in [2.75, 3.05) is 26.2 Å². The molecule has 16 heavy (non-hydrogen) atoms. The van der Waals surface area contributed by atoms with E-state index in [1.54, 1.807) is 0 Å². The number of nitrogens with zero attached hydrogens (tertiary/aromatic N) is 2. The van der Waals surface area contributed by atoms with E-state index in [1.165, 1.54) is 19.5 Å². The van der Waals surface area contributed by atoms with Gasteiger partial charge in [0.2, 0.25) is 0 Å². The lowest BCUT2D eigenvalue weighted by molar-refractivity contribution is 0.262. The molecule has 1 aliphatic heterocycles. The van der Waals surface area contributed by atoms with Crippen molar-refractivity contribution in [1.82, 2.24) is 10.2 Å². The van der Waals surface area contributed by atoms with Gasteiger partial charge in [0.1, 0.15) is 5.54 Å². The normalized spacial score (nSPS) is 23.9. The summed E-state index contributed by atoms with van der Waals surface area (Å²) in [4.78, 5) is 2.48. The predicted molar refractivity (Wildman–Crippen MR) is 67.1 cm³/mol. The molecule has 1 rings (SSSR count). The van der Waals surface area contributed by atoms with Crippen LogP contribution in [0.4, 0.5) is 0 Å². The Balaban J connectivity index is 2.37. The summed E-state index contributed by atoms with van der Waals surface area (Å²) in [5.41, 5.74) is 0.0999.